The van der Waals surface area contributed by atoms with Crippen LogP contribution in [-0.2, 0) is 0 Å². The molecule has 0 spiro atoms. The van der Waals surface area contributed by atoms with Crippen molar-refractivity contribution in [3.63, 3.8) is 0 Å². The number of nitrogens with zero attached hydrogens (tertiary/aromatic N) is 1. The first-order valence-corrected chi connectivity index (χ1v) is 11.4. The molecule has 1 fully saturated rings. The van der Waals surface area contributed by atoms with Gasteiger partial charge in [-0.05, 0) is 55.0 Å². The number of hydrogen-bond donors (Lipinski definition) is 1. The van der Waals surface area contributed by atoms with Crippen molar-refractivity contribution in [2.75, 3.05) is 20.1 Å². The van der Waals surface area contributed by atoms with Gasteiger partial charge in [-0.2, -0.15) is 13.2 Å². The van der Waals surface area contributed by atoms with Gasteiger partial charge in [-0.3, -0.25) is 0 Å². The van der Waals surface area contributed by atoms with E-state index in [1.807, 2.05) is 18.2 Å². The number of alkyl halides is 3. The van der Waals surface area contributed by atoms with E-state index in [0.717, 1.165) is 35.5 Å². The Hall–Kier alpha value is -2.12. The zero-order valence-electron chi connectivity index (χ0n) is 17.6. The number of hydrogen-bond acceptors (Lipinski definition) is 3. The molecule has 1 saturated carbocycles. The van der Waals surface area contributed by atoms with Gasteiger partial charge in [0.1, 0.15) is 4.88 Å². The number of rotatable bonds is 4. The molecule has 4 rings (SSSR count). The van der Waals surface area contributed by atoms with Crippen LogP contribution in [0.1, 0.15) is 53.8 Å². The molecule has 0 radical (unpaired) electrons. The zero-order chi connectivity index (χ0) is 22.4. The minimum absolute atomic E-state index is 0.502. The Balaban J connectivity index is 0.000000628. The molecule has 0 saturated heterocycles. The third kappa shape index (κ3) is 6.20. The molecule has 2 aromatic rings. The Morgan fingerprint density at radius 1 is 1.13 bits per heavy atom. The largest absolute Gasteiger partial charge is 0.477 e. The lowest BCUT2D eigenvalue weighted by molar-refractivity contribution is 0.00818. The fourth-order valence-corrected chi connectivity index (χ4v) is 5.61. The molecule has 3 nitrogen and oxygen atoms in total. The van der Waals surface area contributed by atoms with Crippen LogP contribution in [0.3, 0.4) is 0 Å². The van der Waals surface area contributed by atoms with Crippen molar-refractivity contribution in [2.24, 2.45) is 5.92 Å². The van der Waals surface area contributed by atoms with Crippen LogP contribution in [0.2, 0.25) is 0 Å². The van der Waals surface area contributed by atoms with Crippen molar-refractivity contribution >= 4 is 22.9 Å². The third-order valence-electron chi connectivity index (χ3n) is 5.98. The predicted molar refractivity (Wildman–Crippen MR) is 119 cm³/mol. The molecular weight excluding hydrogens is 423 g/mol. The van der Waals surface area contributed by atoms with Gasteiger partial charge in [0.15, 0.2) is 0 Å². The van der Waals surface area contributed by atoms with Gasteiger partial charge < -0.3 is 10.0 Å². The lowest BCUT2D eigenvalue weighted by Crippen LogP contribution is -2.31. The van der Waals surface area contributed by atoms with E-state index in [-0.39, 0.29) is 0 Å². The van der Waals surface area contributed by atoms with Crippen LogP contribution in [0.25, 0.3) is 16.0 Å². The molecule has 1 aromatic heterocycles. The first kappa shape index (κ1) is 23.5. The number of benzene rings is 1. The van der Waals surface area contributed by atoms with Gasteiger partial charge in [-0.1, -0.05) is 49.6 Å². The first-order valence-electron chi connectivity index (χ1n) is 10.6. The maximum atomic E-state index is 12.0. The molecule has 2 aliphatic rings. The van der Waals surface area contributed by atoms with Gasteiger partial charge in [0.2, 0.25) is 0 Å². The number of thiophene rings is 1. The van der Waals surface area contributed by atoms with Crippen molar-refractivity contribution in [1.82, 2.24) is 4.90 Å². The maximum absolute atomic E-state index is 12.0. The minimum atomic E-state index is -3.67. The Morgan fingerprint density at radius 2 is 1.77 bits per heavy atom. The van der Waals surface area contributed by atoms with Crippen molar-refractivity contribution in [1.29, 1.82) is 0 Å². The van der Waals surface area contributed by atoms with Crippen molar-refractivity contribution in [2.45, 2.75) is 45.2 Å². The van der Waals surface area contributed by atoms with Crippen molar-refractivity contribution in [3.05, 3.63) is 52.4 Å². The molecule has 1 N–H and O–H groups in total. The summed E-state index contributed by atoms with van der Waals surface area (Å²) in [6.45, 7) is -1.68. The fourth-order valence-electron chi connectivity index (χ4n) is 4.58. The summed E-state index contributed by atoms with van der Waals surface area (Å²) in [6, 6.07) is 12.3. The summed E-state index contributed by atoms with van der Waals surface area (Å²) < 4.78 is 29.0. The monoisotopic (exact) mass is 451 g/mol. The van der Waals surface area contributed by atoms with Gasteiger partial charge in [0, 0.05) is 23.5 Å². The molecule has 0 atom stereocenters. The van der Waals surface area contributed by atoms with Crippen LogP contribution in [0.4, 0.5) is 13.2 Å². The highest BCUT2D eigenvalue weighted by molar-refractivity contribution is 7.17. The van der Waals surface area contributed by atoms with Crippen molar-refractivity contribution in [3.8, 4) is 10.4 Å². The molecule has 1 aliphatic carbocycles. The van der Waals surface area contributed by atoms with Crippen LogP contribution < -0.4 is 0 Å². The molecule has 0 unspecified atom stereocenters. The Bertz CT molecular complexity index is 902. The molecule has 0 bridgehead atoms. The standard InChI is InChI=1S/C23H27NO2S.CHF3/c1-24-13-12-18(20(15-24)16-8-4-2-5-9-16)19-14-21(27-22(19)23(25)26)17-10-6-3-7-11-17;2-1(3)4/h3,6-7,10-11,14,16H,2,4-5,8-9,12-13,15H2,1H3,(H,25,26);1H. The van der Waals surface area contributed by atoms with E-state index in [1.54, 1.807) is 0 Å². The van der Waals surface area contributed by atoms with Crippen LogP contribution in [-0.4, -0.2) is 42.8 Å². The highest BCUT2D eigenvalue weighted by atomic mass is 32.1. The van der Waals surface area contributed by atoms with Gasteiger partial charge >= 0.3 is 12.6 Å². The average molecular weight is 452 g/mol. The van der Waals surface area contributed by atoms with E-state index in [4.69, 9.17) is 0 Å². The van der Waals surface area contributed by atoms with Gasteiger partial charge in [0.05, 0.1) is 0 Å². The second-order valence-corrected chi connectivity index (χ2v) is 9.15. The van der Waals surface area contributed by atoms with E-state index in [2.05, 4.69) is 30.1 Å². The SMILES string of the molecule is CN1CCC(c2cc(-c3ccccc3)sc2C(=O)O)=C(C2CCCCC2)C1.FC(F)F. The summed E-state index contributed by atoms with van der Waals surface area (Å²) in [5.41, 5.74) is 4.89. The van der Waals surface area contributed by atoms with Gasteiger partial charge in [-0.15, -0.1) is 11.3 Å². The summed E-state index contributed by atoms with van der Waals surface area (Å²) in [5.74, 6) is -0.176. The number of aromatic carboxylic acids is 1. The average Bonchev–Trinajstić information content (AvgIpc) is 3.20. The number of carboxylic acid groups (broad SMARTS) is 1. The first-order chi connectivity index (χ1) is 14.9. The molecule has 1 aliphatic heterocycles. The molecule has 2 heterocycles. The van der Waals surface area contributed by atoms with E-state index in [1.165, 1.54) is 54.6 Å². The zero-order valence-corrected chi connectivity index (χ0v) is 18.4. The second kappa shape index (κ2) is 11.0. The third-order valence-corrected chi connectivity index (χ3v) is 7.15. The molecule has 7 heteroatoms. The highest BCUT2D eigenvalue weighted by Gasteiger charge is 2.29. The van der Waals surface area contributed by atoms with E-state index in [0.29, 0.717) is 10.8 Å². The minimum Gasteiger partial charge on any atom is -0.477 e. The van der Waals surface area contributed by atoms with Gasteiger partial charge in [0.25, 0.3) is 0 Å². The Kier molecular flexibility index (Phi) is 8.32. The number of carbonyl (C=O) groups is 1. The van der Waals surface area contributed by atoms with Crippen LogP contribution in [0, 0.1) is 5.92 Å². The predicted octanol–water partition coefficient (Wildman–Crippen LogP) is 6.96. The van der Waals surface area contributed by atoms with Crippen LogP contribution in [0.5, 0.6) is 0 Å². The van der Waals surface area contributed by atoms with E-state index >= 15 is 0 Å². The summed E-state index contributed by atoms with van der Waals surface area (Å²) in [6.07, 6.45) is 7.40. The lowest BCUT2D eigenvalue weighted by atomic mass is 9.78. The Morgan fingerprint density at radius 3 is 2.39 bits per heavy atom. The number of likely N-dealkylation sites (N-methyl/N-ethyl adjacent to an activating group) is 1. The fraction of sp³-hybridized carbons (Fsp3) is 0.458. The summed E-state index contributed by atoms with van der Waals surface area (Å²) >= 11 is 1.42. The number of halogens is 3. The Labute approximate surface area is 185 Å². The topological polar surface area (TPSA) is 40.5 Å². The van der Waals surface area contributed by atoms with E-state index in [9.17, 15) is 23.1 Å². The smallest absolute Gasteiger partial charge is 0.379 e. The van der Waals surface area contributed by atoms with Crippen molar-refractivity contribution < 1.29 is 23.1 Å². The molecule has 1 aromatic carbocycles. The van der Waals surface area contributed by atoms with Gasteiger partial charge in [-0.25, -0.2) is 4.79 Å². The summed E-state index contributed by atoms with van der Waals surface area (Å²) in [7, 11) is 2.18. The normalized spacial score (nSPS) is 18.1. The maximum Gasteiger partial charge on any atom is 0.379 e. The molecular formula is C24H28F3NO2S. The summed E-state index contributed by atoms with van der Waals surface area (Å²) in [5, 5.41) is 9.88. The lowest BCUT2D eigenvalue weighted by Gasteiger charge is -2.34. The summed E-state index contributed by atoms with van der Waals surface area (Å²) in [4.78, 5) is 16.0. The quantitative estimate of drug-likeness (QED) is 0.546. The molecule has 31 heavy (non-hydrogen) atoms. The molecule has 0 amide bonds. The second-order valence-electron chi connectivity index (χ2n) is 8.10. The number of carboxylic acids is 1. The van der Waals surface area contributed by atoms with E-state index < -0.39 is 12.6 Å². The highest BCUT2D eigenvalue weighted by Crippen LogP contribution is 2.42. The van der Waals surface area contributed by atoms with Crippen LogP contribution in [0.15, 0.2) is 42.0 Å². The van der Waals surface area contributed by atoms with Crippen LogP contribution >= 0.6 is 11.3 Å². The molecule has 168 valence electrons.